The molecule has 0 amide bonds. The molecule has 0 heterocycles. The zero-order valence-electron chi connectivity index (χ0n) is 10.9. The van der Waals surface area contributed by atoms with Gasteiger partial charge >= 0.3 is 0 Å². The highest BCUT2D eigenvalue weighted by atomic mass is 19.1. The van der Waals surface area contributed by atoms with Crippen molar-refractivity contribution >= 4 is 18.2 Å². The third-order valence-corrected chi connectivity index (χ3v) is 3.42. The van der Waals surface area contributed by atoms with E-state index in [0.29, 0.717) is 0 Å². The summed E-state index contributed by atoms with van der Waals surface area (Å²) in [6.45, 7) is 2.16. The summed E-state index contributed by atoms with van der Waals surface area (Å²) in [7, 11) is 0. The molecule has 3 rings (SSSR count). The lowest BCUT2D eigenvalue weighted by Gasteiger charge is -2.02. The SMILES string of the molecule is CC1=Cc2c(C=Cc3ccc(F)cc3)cccc2C1. The number of allylic oxidation sites excluding steroid dienone is 1. The molecule has 94 valence electrons. The average Bonchev–Trinajstić information content (AvgIpc) is 2.79. The molecule has 19 heavy (non-hydrogen) atoms. The minimum atomic E-state index is -0.198. The molecule has 2 aromatic carbocycles. The molecule has 0 N–H and O–H groups in total. The molecule has 2 aromatic rings. The van der Waals surface area contributed by atoms with Gasteiger partial charge in [0.25, 0.3) is 0 Å². The molecule has 0 atom stereocenters. The van der Waals surface area contributed by atoms with E-state index in [-0.39, 0.29) is 5.82 Å². The van der Waals surface area contributed by atoms with E-state index in [1.807, 2.05) is 6.08 Å². The molecule has 0 radical (unpaired) electrons. The van der Waals surface area contributed by atoms with Gasteiger partial charge in [-0.3, -0.25) is 0 Å². The van der Waals surface area contributed by atoms with Crippen molar-refractivity contribution in [2.24, 2.45) is 0 Å². The number of halogens is 1. The maximum atomic E-state index is 12.8. The maximum Gasteiger partial charge on any atom is 0.123 e. The van der Waals surface area contributed by atoms with Crippen LogP contribution in [0.2, 0.25) is 0 Å². The highest BCUT2D eigenvalue weighted by molar-refractivity contribution is 5.78. The van der Waals surface area contributed by atoms with Crippen molar-refractivity contribution in [3.8, 4) is 0 Å². The van der Waals surface area contributed by atoms with Crippen molar-refractivity contribution in [1.29, 1.82) is 0 Å². The van der Waals surface area contributed by atoms with Crippen molar-refractivity contribution in [1.82, 2.24) is 0 Å². The molecule has 1 aliphatic carbocycles. The second-order valence-electron chi connectivity index (χ2n) is 4.97. The van der Waals surface area contributed by atoms with Crippen LogP contribution in [-0.2, 0) is 6.42 Å². The molecule has 1 heteroatoms. The van der Waals surface area contributed by atoms with Gasteiger partial charge in [-0.25, -0.2) is 4.39 Å². The normalized spacial score (nSPS) is 13.7. The van der Waals surface area contributed by atoms with Crippen molar-refractivity contribution in [3.63, 3.8) is 0 Å². The van der Waals surface area contributed by atoms with Crippen molar-refractivity contribution in [2.45, 2.75) is 13.3 Å². The summed E-state index contributed by atoms with van der Waals surface area (Å²) in [5, 5.41) is 0. The summed E-state index contributed by atoms with van der Waals surface area (Å²) >= 11 is 0. The second-order valence-corrected chi connectivity index (χ2v) is 4.97. The zero-order chi connectivity index (χ0) is 13.2. The Kier molecular flexibility index (Phi) is 3.04. The summed E-state index contributed by atoms with van der Waals surface area (Å²) in [6.07, 6.45) is 7.42. The Morgan fingerprint density at radius 1 is 1.00 bits per heavy atom. The summed E-state index contributed by atoms with van der Waals surface area (Å²) in [5.74, 6) is -0.198. The fourth-order valence-electron chi connectivity index (χ4n) is 2.47. The first-order chi connectivity index (χ1) is 9.22. The van der Waals surface area contributed by atoms with Crippen LogP contribution in [0.4, 0.5) is 4.39 Å². The van der Waals surface area contributed by atoms with Crippen LogP contribution in [0.5, 0.6) is 0 Å². The Morgan fingerprint density at radius 2 is 1.79 bits per heavy atom. The molecular formula is C18H15F. The average molecular weight is 250 g/mol. The predicted molar refractivity (Wildman–Crippen MR) is 79.1 cm³/mol. The standard InChI is InChI=1S/C18H15F/c1-13-11-16-4-2-3-15(18(16)12-13)8-5-14-6-9-17(19)10-7-14/h2-10,12H,11H2,1H3. The third-order valence-electron chi connectivity index (χ3n) is 3.42. The largest absolute Gasteiger partial charge is 0.207 e. The van der Waals surface area contributed by atoms with Crippen LogP contribution in [0, 0.1) is 5.82 Å². The van der Waals surface area contributed by atoms with Crippen LogP contribution in [0.15, 0.2) is 48.0 Å². The molecule has 0 fully saturated rings. The minimum absolute atomic E-state index is 0.198. The van der Waals surface area contributed by atoms with Crippen LogP contribution in [-0.4, -0.2) is 0 Å². The fourth-order valence-corrected chi connectivity index (χ4v) is 2.47. The molecule has 0 aliphatic heterocycles. The maximum absolute atomic E-state index is 12.8. The van der Waals surface area contributed by atoms with E-state index in [4.69, 9.17) is 0 Å². The van der Waals surface area contributed by atoms with Gasteiger partial charge in [-0.2, -0.15) is 0 Å². The van der Waals surface area contributed by atoms with Crippen molar-refractivity contribution in [3.05, 3.63) is 76.1 Å². The molecular weight excluding hydrogens is 235 g/mol. The number of hydrogen-bond acceptors (Lipinski definition) is 0. The van der Waals surface area contributed by atoms with Gasteiger partial charge in [0.2, 0.25) is 0 Å². The van der Waals surface area contributed by atoms with E-state index in [9.17, 15) is 4.39 Å². The van der Waals surface area contributed by atoms with Crippen LogP contribution >= 0.6 is 0 Å². The Morgan fingerprint density at radius 3 is 2.58 bits per heavy atom. The van der Waals surface area contributed by atoms with Crippen LogP contribution in [0.25, 0.3) is 18.2 Å². The Bertz CT molecular complexity index is 661. The van der Waals surface area contributed by atoms with E-state index in [0.717, 1.165) is 12.0 Å². The first kappa shape index (κ1) is 11.9. The second kappa shape index (κ2) is 4.85. The Hall–Kier alpha value is -2.15. The van der Waals surface area contributed by atoms with Gasteiger partial charge in [0.1, 0.15) is 5.82 Å². The first-order valence-corrected chi connectivity index (χ1v) is 6.45. The van der Waals surface area contributed by atoms with E-state index < -0.39 is 0 Å². The van der Waals surface area contributed by atoms with Gasteiger partial charge in [0.15, 0.2) is 0 Å². The zero-order valence-corrected chi connectivity index (χ0v) is 10.9. The molecule has 0 nitrogen and oxygen atoms in total. The van der Waals surface area contributed by atoms with E-state index in [2.05, 4.69) is 37.3 Å². The molecule has 0 bridgehead atoms. The lowest BCUT2D eigenvalue weighted by atomic mass is 10.0. The van der Waals surface area contributed by atoms with Gasteiger partial charge < -0.3 is 0 Å². The summed E-state index contributed by atoms with van der Waals surface area (Å²) in [6, 6.07) is 12.9. The topological polar surface area (TPSA) is 0 Å². The minimum Gasteiger partial charge on any atom is -0.207 e. The summed E-state index contributed by atoms with van der Waals surface area (Å²) < 4.78 is 12.8. The molecule has 0 aromatic heterocycles. The smallest absolute Gasteiger partial charge is 0.123 e. The molecule has 0 saturated carbocycles. The number of fused-ring (bicyclic) bond motifs is 1. The van der Waals surface area contributed by atoms with Gasteiger partial charge in [0.05, 0.1) is 0 Å². The number of benzene rings is 2. The van der Waals surface area contributed by atoms with Gasteiger partial charge in [0, 0.05) is 0 Å². The summed E-state index contributed by atoms with van der Waals surface area (Å²) in [4.78, 5) is 0. The van der Waals surface area contributed by atoms with Crippen LogP contribution in [0.1, 0.15) is 29.2 Å². The Labute approximate surface area is 112 Å². The summed E-state index contributed by atoms with van der Waals surface area (Å²) in [5.41, 5.74) is 6.34. The van der Waals surface area contributed by atoms with Gasteiger partial charge in [-0.15, -0.1) is 0 Å². The number of hydrogen-bond donors (Lipinski definition) is 0. The van der Waals surface area contributed by atoms with E-state index in [1.54, 1.807) is 12.1 Å². The monoisotopic (exact) mass is 250 g/mol. The predicted octanol–water partition coefficient (Wildman–Crippen LogP) is 4.96. The molecule has 0 unspecified atom stereocenters. The van der Waals surface area contributed by atoms with E-state index >= 15 is 0 Å². The van der Waals surface area contributed by atoms with Crippen LogP contribution in [0.3, 0.4) is 0 Å². The number of rotatable bonds is 2. The van der Waals surface area contributed by atoms with Gasteiger partial charge in [-0.05, 0) is 47.7 Å². The first-order valence-electron chi connectivity index (χ1n) is 6.45. The Balaban J connectivity index is 1.92. The lowest BCUT2D eigenvalue weighted by molar-refractivity contribution is 0.628. The molecule has 0 spiro atoms. The van der Waals surface area contributed by atoms with E-state index in [1.165, 1.54) is 34.4 Å². The molecule has 0 saturated heterocycles. The molecule has 1 aliphatic rings. The van der Waals surface area contributed by atoms with Gasteiger partial charge in [-0.1, -0.05) is 54.1 Å². The van der Waals surface area contributed by atoms with Crippen molar-refractivity contribution in [2.75, 3.05) is 0 Å². The fraction of sp³-hybridized carbons (Fsp3) is 0.111. The van der Waals surface area contributed by atoms with Crippen molar-refractivity contribution < 1.29 is 4.39 Å². The van der Waals surface area contributed by atoms with Crippen LogP contribution < -0.4 is 0 Å². The highest BCUT2D eigenvalue weighted by Crippen LogP contribution is 2.28. The lowest BCUT2D eigenvalue weighted by Crippen LogP contribution is -1.85. The third kappa shape index (κ3) is 2.50. The highest BCUT2D eigenvalue weighted by Gasteiger charge is 2.11. The quantitative estimate of drug-likeness (QED) is 0.661.